The molecule has 0 radical (unpaired) electrons. The first-order valence-electron chi connectivity index (χ1n) is 13.6. The second kappa shape index (κ2) is 13.2. The summed E-state index contributed by atoms with van der Waals surface area (Å²) >= 11 is 0. The van der Waals surface area contributed by atoms with E-state index in [1.807, 2.05) is 0 Å². The van der Waals surface area contributed by atoms with Crippen molar-refractivity contribution in [1.29, 1.82) is 0 Å². The first kappa shape index (κ1) is 28.1. The predicted octanol–water partition coefficient (Wildman–Crippen LogP) is 8.94. The van der Waals surface area contributed by atoms with Crippen LogP contribution < -0.4 is 4.74 Å². The van der Waals surface area contributed by atoms with Crippen LogP contribution in [0.1, 0.15) is 89.4 Å². The first-order chi connectivity index (χ1) is 17.3. The average molecular weight is 504 g/mol. The molecule has 0 spiro atoms. The summed E-state index contributed by atoms with van der Waals surface area (Å²) in [5.41, 5.74) is 3.73. The van der Waals surface area contributed by atoms with Crippen molar-refractivity contribution in [1.82, 2.24) is 4.90 Å². The standard InChI is InChI=1S/C30H42F3N2O/c1-4-7-11-16-27-24-35(22-9-6-3,23-25-17-19-28(20-18-25)36-30(31,32)33)29(34(27)21-8-5-2)26-14-12-10-13-15-26/h10,12-15,17-20,24,29H,4-9,11,16,21-23H2,1-3H3/q+1. The van der Waals surface area contributed by atoms with Gasteiger partial charge in [0.05, 0.1) is 12.2 Å². The van der Waals surface area contributed by atoms with E-state index in [1.165, 1.54) is 42.7 Å². The molecular formula is C30H42F3N2O+. The Bertz CT molecular complexity index is 943. The molecule has 36 heavy (non-hydrogen) atoms. The van der Waals surface area contributed by atoms with Gasteiger partial charge in [-0.3, -0.25) is 4.48 Å². The highest BCUT2D eigenvalue weighted by atomic mass is 19.4. The van der Waals surface area contributed by atoms with E-state index in [4.69, 9.17) is 0 Å². The van der Waals surface area contributed by atoms with Crippen LogP contribution in [0.3, 0.4) is 0 Å². The second-order valence-electron chi connectivity index (χ2n) is 9.94. The summed E-state index contributed by atoms with van der Waals surface area (Å²) in [6, 6.07) is 17.2. The molecule has 1 aliphatic heterocycles. The van der Waals surface area contributed by atoms with Crippen molar-refractivity contribution in [2.24, 2.45) is 0 Å². The minimum atomic E-state index is -4.68. The Hall–Kier alpha value is -2.47. The van der Waals surface area contributed by atoms with Gasteiger partial charge in [-0.25, -0.2) is 0 Å². The lowest BCUT2D eigenvalue weighted by Crippen LogP contribution is -2.48. The Balaban J connectivity index is 2.02. The SMILES string of the molecule is CCCCCC1=C[N+](CCCC)(Cc2ccc(OC(F)(F)F)cc2)C(c2ccccc2)N1CCCC. The summed E-state index contributed by atoms with van der Waals surface area (Å²) in [6.45, 7) is 9.41. The molecule has 1 heterocycles. The van der Waals surface area contributed by atoms with Crippen molar-refractivity contribution >= 4 is 0 Å². The number of hydrogen-bond donors (Lipinski definition) is 0. The van der Waals surface area contributed by atoms with Crippen molar-refractivity contribution < 1.29 is 22.4 Å². The van der Waals surface area contributed by atoms with Gasteiger partial charge in [-0.2, -0.15) is 0 Å². The molecule has 0 aliphatic carbocycles. The van der Waals surface area contributed by atoms with Gasteiger partial charge in [-0.1, -0.05) is 76.8 Å². The highest BCUT2D eigenvalue weighted by Gasteiger charge is 2.47. The zero-order valence-corrected chi connectivity index (χ0v) is 22.1. The van der Waals surface area contributed by atoms with Crippen LogP contribution in [0.2, 0.25) is 0 Å². The molecule has 6 heteroatoms. The molecule has 3 nitrogen and oxygen atoms in total. The summed E-state index contributed by atoms with van der Waals surface area (Å²) in [4.78, 5) is 2.63. The third kappa shape index (κ3) is 7.52. The van der Waals surface area contributed by atoms with Crippen LogP contribution in [0, 0.1) is 0 Å². The number of alkyl halides is 3. The van der Waals surface area contributed by atoms with Gasteiger partial charge in [-0.15, -0.1) is 13.2 Å². The fourth-order valence-corrected chi connectivity index (χ4v) is 5.32. The topological polar surface area (TPSA) is 12.5 Å². The summed E-state index contributed by atoms with van der Waals surface area (Å²) in [5.74, 6) is -0.173. The minimum absolute atomic E-state index is 0.159. The van der Waals surface area contributed by atoms with Crippen LogP contribution >= 0.6 is 0 Å². The molecule has 2 aromatic rings. The highest BCUT2D eigenvalue weighted by molar-refractivity contribution is 5.28. The van der Waals surface area contributed by atoms with Crippen molar-refractivity contribution in [3.63, 3.8) is 0 Å². The van der Waals surface area contributed by atoms with Gasteiger partial charge < -0.3 is 9.64 Å². The van der Waals surface area contributed by atoms with Crippen molar-refractivity contribution in [2.45, 2.75) is 91.2 Å². The molecular weight excluding hydrogens is 461 g/mol. The number of allylic oxidation sites excluding steroid dienone is 1. The van der Waals surface area contributed by atoms with Crippen LogP contribution in [-0.2, 0) is 6.54 Å². The average Bonchev–Trinajstić information content (AvgIpc) is 3.15. The summed E-state index contributed by atoms with van der Waals surface area (Å²) in [6.07, 6.45) is 7.03. The van der Waals surface area contributed by atoms with Crippen molar-refractivity contribution in [3.8, 4) is 5.75 Å². The number of ether oxygens (including phenoxy) is 1. The maximum absolute atomic E-state index is 12.7. The molecule has 0 saturated heterocycles. The summed E-state index contributed by atoms with van der Waals surface area (Å²) in [5, 5.41) is 0. The van der Waals surface area contributed by atoms with Crippen LogP contribution in [0.5, 0.6) is 5.75 Å². The molecule has 1 aliphatic rings. The van der Waals surface area contributed by atoms with Gasteiger partial charge in [0.1, 0.15) is 18.5 Å². The zero-order valence-electron chi connectivity index (χ0n) is 22.1. The zero-order chi connectivity index (χ0) is 26.0. The minimum Gasteiger partial charge on any atom is -0.406 e. The van der Waals surface area contributed by atoms with Gasteiger partial charge in [0.15, 0.2) is 6.17 Å². The molecule has 0 N–H and O–H groups in total. The van der Waals surface area contributed by atoms with Gasteiger partial charge >= 0.3 is 6.36 Å². The third-order valence-electron chi connectivity index (χ3n) is 7.01. The summed E-state index contributed by atoms with van der Waals surface area (Å²) < 4.78 is 42.9. The molecule has 0 saturated carbocycles. The molecule has 0 aromatic heterocycles. The number of quaternary nitrogens is 1. The number of benzene rings is 2. The lowest BCUT2D eigenvalue weighted by Gasteiger charge is -2.42. The lowest BCUT2D eigenvalue weighted by molar-refractivity contribution is -0.926. The van der Waals surface area contributed by atoms with Gasteiger partial charge in [0.2, 0.25) is 0 Å². The largest absolute Gasteiger partial charge is 0.573 e. The monoisotopic (exact) mass is 503 g/mol. The molecule has 2 aromatic carbocycles. The van der Waals surface area contributed by atoms with Gasteiger partial charge in [-0.05, 0) is 49.9 Å². The smallest absolute Gasteiger partial charge is 0.406 e. The van der Waals surface area contributed by atoms with E-state index >= 15 is 0 Å². The van der Waals surface area contributed by atoms with E-state index in [1.54, 1.807) is 12.1 Å². The van der Waals surface area contributed by atoms with Crippen LogP contribution in [0.4, 0.5) is 13.2 Å². The number of hydrogen-bond acceptors (Lipinski definition) is 2. The van der Waals surface area contributed by atoms with E-state index in [9.17, 15) is 13.2 Å². The van der Waals surface area contributed by atoms with E-state index in [2.05, 4.69) is 66.9 Å². The Kier molecular flexibility index (Phi) is 10.3. The fraction of sp³-hybridized carbons (Fsp3) is 0.533. The molecule has 2 atom stereocenters. The molecule has 2 unspecified atom stereocenters. The maximum atomic E-state index is 12.7. The molecule has 0 amide bonds. The van der Waals surface area contributed by atoms with E-state index in [0.717, 1.165) is 61.8 Å². The number of rotatable bonds is 14. The summed E-state index contributed by atoms with van der Waals surface area (Å²) in [7, 11) is 0. The predicted molar refractivity (Wildman–Crippen MR) is 140 cm³/mol. The molecule has 3 rings (SSSR count). The van der Waals surface area contributed by atoms with Gasteiger partial charge in [0, 0.05) is 17.7 Å². The number of halogens is 3. The second-order valence-corrected chi connectivity index (χ2v) is 9.94. The van der Waals surface area contributed by atoms with E-state index in [0.29, 0.717) is 0 Å². The number of nitrogens with zero attached hydrogens (tertiary/aromatic N) is 2. The lowest BCUT2D eigenvalue weighted by atomic mass is 10.1. The van der Waals surface area contributed by atoms with E-state index in [-0.39, 0.29) is 11.9 Å². The molecule has 0 fully saturated rings. The Morgan fingerprint density at radius 2 is 1.50 bits per heavy atom. The molecule has 198 valence electrons. The Labute approximate surface area is 215 Å². The normalized spacial score (nSPS) is 20.0. The van der Waals surface area contributed by atoms with Crippen LogP contribution in [0.15, 0.2) is 66.5 Å². The highest BCUT2D eigenvalue weighted by Crippen LogP contribution is 2.45. The Morgan fingerprint density at radius 3 is 2.11 bits per heavy atom. The van der Waals surface area contributed by atoms with Crippen molar-refractivity contribution in [2.75, 3.05) is 13.1 Å². The maximum Gasteiger partial charge on any atom is 0.573 e. The van der Waals surface area contributed by atoms with Crippen LogP contribution in [0.25, 0.3) is 0 Å². The van der Waals surface area contributed by atoms with Crippen LogP contribution in [-0.4, -0.2) is 28.8 Å². The molecule has 0 bridgehead atoms. The number of unbranched alkanes of at least 4 members (excludes halogenated alkanes) is 4. The third-order valence-corrected chi connectivity index (χ3v) is 7.01. The fourth-order valence-electron chi connectivity index (χ4n) is 5.32. The Morgan fingerprint density at radius 1 is 0.833 bits per heavy atom. The first-order valence-corrected chi connectivity index (χ1v) is 13.6. The van der Waals surface area contributed by atoms with E-state index < -0.39 is 6.36 Å². The quantitative estimate of drug-likeness (QED) is 0.188. The van der Waals surface area contributed by atoms with Gasteiger partial charge in [0.25, 0.3) is 0 Å². The van der Waals surface area contributed by atoms with Crippen molar-refractivity contribution in [3.05, 3.63) is 77.6 Å².